The van der Waals surface area contributed by atoms with Crippen molar-refractivity contribution in [1.82, 2.24) is 4.98 Å². The molecule has 3 nitrogen and oxygen atoms in total. The van der Waals surface area contributed by atoms with Crippen molar-refractivity contribution in [3.05, 3.63) is 34.2 Å². The zero-order valence-corrected chi connectivity index (χ0v) is 7.95. The Morgan fingerprint density at radius 3 is 2.93 bits per heavy atom. The van der Waals surface area contributed by atoms with Gasteiger partial charge in [0.15, 0.2) is 0 Å². The molecule has 1 aliphatic carbocycles. The summed E-state index contributed by atoms with van der Waals surface area (Å²) in [7, 11) is 0. The van der Waals surface area contributed by atoms with Crippen molar-refractivity contribution < 1.29 is 4.79 Å². The molecule has 0 radical (unpaired) electrons. The predicted molar refractivity (Wildman–Crippen MR) is 53.3 cm³/mol. The van der Waals surface area contributed by atoms with Crippen LogP contribution in [-0.4, -0.2) is 10.8 Å². The normalized spacial score (nSPS) is 22.3. The first kappa shape index (κ1) is 9.19. The molecule has 74 valence electrons. The Morgan fingerprint density at radius 1 is 1.36 bits per heavy atom. The fourth-order valence-corrected chi connectivity index (χ4v) is 2.05. The number of carbonyl (C=O) groups excluding carboxylic acids is 1. The molecule has 0 amide bonds. The van der Waals surface area contributed by atoms with Crippen LogP contribution < -0.4 is 5.56 Å². The summed E-state index contributed by atoms with van der Waals surface area (Å²) >= 11 is 0. The van der Waals surface area contributed by atoms with Crippen LogP contribution in [0.2, 0.25) is 0 Å². The Labute approximate surface area is 82.2 Å². The fraction of sp³-hybridized carbons (Fsp3) is 0.455. The van der Waals surface area contributed by atoms with Gasteiger partial charge in [0.2, 0.25) is 0 Å². The molecule has 1 N–H and O–H groups in total. The number of nitrogens with one attached hydrogen (secondary N) is 1. The lowest BCUT2D eigenvalue weighted by Crippen LogP contribution is -2.20. The number of aromatic amines is 1. The molecule has 0 aliphatic heterocycles. The van der Waals surface area contributed by atoms with E-state index < -0.39 is 0 Å². The highest BCUT2D eigenvalue weighted by molar-refractivity contribution is 5.80. The highest BCUT2D eigenvalue weighted by Gasteiger charge is 2.22. The van der Waals surface area contributed by atoms with Gasteiger partial charge in [0.1, 0.15) is 5.78 Å². The molecule has 1 atom stereocenters. The van der Waals surface area contributed by atoms with Crippen LogP contribution in [0.15, 0.2) is 23.1 Å². The van der Waals surface area contributed by atoms with E-state index in [-0.39, 0.29) is 17.3 Å². The summed E-state index contributed by atoms with van der Waals surface area (Å²) in [5.41, 5.74) is 0.716. The number of hydrogen-bond acceptors (Lipinski definition) is 2. The SMILES string of the molecule is O=C1CCCC(c2ccc[nH]c2=O)C1. The van der Waals surface area contributed by atoms with Crippen molar-refractivity contribution in [2.24, 2.45) is 0 Å². The average Bonchev–Trinajstić information content (AvgIpc) is 2.18. The highest BCUT2D eigenvalue weighted by Crippen LogP contribution is 2.28. The number of rotatable bonds is 1. The number of hydrogen-bond donors (Lipinski definition) is 1. The van der Waals surface area contributed by atoms with E-state index in [9.17, 15) is 9.59 Å². The third kappa shape index (κ3) is 1.76. The molecule has 1 saturated carbocycles. The zero-order chi connectivity index (χ0) is 9.97. The minimum Gasteiger partial charge on any atom is -0.329 e. The molecule has 1 heterocycles. The molecule has 3 heteroatoms. The second kappa shape index (κ2) is 3.78. The van der Waals surface area contributed by atoms with Crippen LogP contribution in [-0.2, 0) is 4.79 Å². The maximum absolute atomic E-state index is 11.5. The topological polar surface area (TPSA) is 49.9 Å². The van der Waals surface area contributed by atoms with Gasteiger partial charge in [0, 0.05) is 24.6 Å². The lowest BCUT2D eigenvalue weighted by molar-refractivity contribution is -0.120. The quantitative estimate of drug-likeness (QED) is 0.733. The molecule has 0 bridgehead atoms. The van der Waals surface area contributed by atoms with Gasteiger partial charge >= 0.3 is 0 Å². The largest absolute Gasteiger partial charge is 0.329 e. The van der Waals surface area contributed by atoms with Crippen molar-refractivity contribution in [2.75, 3.05) is 0 Å². The second-order valence-electron chi connectivity index (χ2n) is 3.79. The summed E-state index contributed by atoms with van der Waals surface area (Å²) in [4.78, 5) is 25.3. The van der Waals surface area contributed by atoms with Gasteiger partial charge in [0.25, 0.3) is 5.56 Å². The van der Waals surface area contributed by atoms with E-state index in [2.05, 4.69) is 4.98 Å². The van der Waals surface area contributed by atoms with Gasteiger partial charge in [-0.2, -0.15) is 0 Å². The average molecular weight is 191 g/mol. The third-order valence-electron chi connectivity index (χ3n) is 2.77. The molecule has 0 aromatic carbocycles. The Hall–Kier alpha value is -1.38. The third-order valence-corrected chi connectivity index (χ3v) is 2.77. The minimum atomic E-state index is -0.0489. The molecule has 1 aromatic heterocycles. The van der Waals surface area contributed by atoms with Gasteiger partial charge in [-0.15, -0.1) is 0 Å². The Kier molecular flexibility index (Phi) is 2.48. The van der Waals surface area contributed by atoms with Gasteiger partial charge in [-0.3, -0.25) is 9.59 Å². The van der Waals surface area contributed by atoms with Crippen molar-refractivity contribution in [2.45, 2.75) is 31.6 Å². The van der Waals surface area contributed by atoms with Gasteiger partial charge in [-0.25, -0.2) is 0 Å². The van der Waals surface area contributed by atoms with Crippen molar-refractivity contribution >= 4 is 5.78 Å². The summed E-state index contributed by atoms with van der Waals surface area (Å²) in [6.45, 7) is 0. The summed E-state index contributed by atoms with van der Waals surface area (Å²) in [5.74, 6) is 0.422. The van der Waals surface area contributed by atoms with Gasteiger partial charge in [-0.1, -0.05) is 6.07 Å². The van der Waals surface area contributed by atoms with Crippen molar-refractivity contribution in [3.63, 3.8) is 0 Å². The first-order valence-electron chi connectivity index (χ1n) is 4.96. The van der Waals surface area contributed by atoms with Crippen LogP contribution in [0.25, 0.3) is 0 Å². The summed E-state index contributed by atoms with van der Waals surface area (Å²) in [6.07, 6.45) is 4.71. The van der Waals surface area contributed by atoms with Crippen LogP contribution in [0.5, 0.6) is 0 Å². The number of ketones is 1. The van der Waals surface area contributed by atoms with Crippen LogP contribution in [0.3, 0.4) is 0 Å². The molecule has 1 aliphatic rings. The van der Waals surface area contributed by atoms with E-state index in [1.165, 1.54) is 0 Å². The van der Waals surface area contributed by atoms with Gasteiger partial charge in [0.05, 0.1) is 0 Å². The van der Waals surface area contributed by atoms with Gasteiger partial charge < -0.3 is 4.98 Å². The molecule has 14 heavy (non-hydrogen) atoms. The number of H-pyrrole nitrogens is 1. The number of pyridine rings is 1. The number of Topliss-reactive ketones (excluding diaryl/α,β-unsaturated/α-hetero) is 1. The lowest BCUT2D eigenvalue weighted by Gasteiger charge is -2.19. The minimum absolute atomic E-state index is 0.0489. The number of carbonyl (C=O) groups is 1. The molecular weight excluding hydrogens is 178 g/mol. The maximum Gasteiger partial charge on any atom is 0.251 e. The monoisotopic (exact) mass is 191 g/mol. The first-order valence-corrected chi connectivity index (χ1v) is 4.96. The molecule has 0 spiro atoms. The highest BCUT2D eigenvalue weighted by atomic mass is 16.1. The smallest absolute Gasteiger partial charge is 0.251 e. The summed E-state index contributed by atoms with van der Waals surface area (Å²) < 4.78 is 0. The molecule has 2 rings (SSSR count). The summed E-state index contributed by atoms with van der Waals surface area (Å²) in [5, 5.41) is 0. The van der Waals surface area contributed by atoms with Crippen LogP contribution >= 0.6 is 0 Å². The van der Waals surface area contributed by atoms with Crippen molar-refractivity contribution in [3.8, 4) is 0 Å². The van der Waals surface area contributed by atoms with Gasteiger partial charge in [-0.05, 0) is 24.8 Å². The van der Waals surface area contributed by atoms with E-state index in [0.29, 0.717) is 12.8 Å². The summed E-state index contributed by atoms with van der Waals surface area (Å²) in [6, 6.07) is 3.64. The Morgan fingerprint density at radius 2 is 2.21 bits per heavy atom. The van der Waals surface area contributed by atoms with E-state index >= 15 is 0 Å². The van der Waals surface area contributed by atoms with Crippen LogP contribution in [0.4, 0.5) is 0 Å². The van der Waals surface area contributed by atoms with E-state index in [0.717, 1.165) is 18.4 Å². The molecule has 0 saturated heterocycles. The van der Waals surface area contributed by atoms with E-state index in [4.69, 9.17) is 0 Å². The van der Waals surface area contributed by atoms with Crippen molar-refractivity contribution in [1.29, 1.82) is 0 Å². The van der Waals surface area contributed by atoms with E-state index in [1.54, 1.807) is 6.20 Å². The predicted octanol–water partition coefficient (Wildman–Crippen LogP) is 1.60. The zero-order valence-electron chi connectivity index (χ0n) is 7.95. The molecule has 1 aromatic rings. The fourth-order valence-electron chi connectivity index (χ4n) is 2.05. The lowest BCUT2D eigenvalue weighted by atomic mass is 9.84. The van der Waals surface area contributed by atoms with Crippen LogP contribution in [0.1, 0.15) is 37.2 Å². The van der Waals surface area contributed by atoms with Crippen LogP contribution in [0, 0.1) is 0 Å². The Bertz CT molecular complexity index is 394. The first-order chi connectivity index (χ1) is 6.77. The maximum atomic E-state index is 11.5. The molecular formula is C11H13NO2. The standard InChI is InChI=1S/C11H13NO2/c13-9-4-1-3-8(7-9)10-5-2-6-12-11(10)14/h2,5-6,8H,1,3-4,7H2,(H,12,14). The van der Waals surface area contributed by atoms with E-state index in [1.807, 2.05) is 12.1 Å². The molecule has 1 unspecified atom stereocenters. The Balaban J connectivity index is 2.26. The molecule has 1 fully saturated rings. The second-order valence-corrected chi connectivity index (χ2v) is 3.79. The number of aromatic nitrogens is 1.